The van der Waals surface area contributed by atoms with Gasteiger partial charge in [0.1, 0.15) is 0 Å². The van der Waals surface area contributed by atoms with Gasteiger partial charge in [-0.25, -0.2) is 4.79 Å². The first kappa shape index (κ1) is 16.2. The van der Waals surface area contributed by atoms with Gasteiger partial charge >= 0.3 is 109 Å². The second-order valence-corrected chi connectivity index (χ2v) is 0.450. The second kappa shape index (κ2) is 11.2. The van der Waals surface area contributed by atoms with Crippen LogP contribution in [0, 0.1) is 5.53 Å². The summed E-state index contributed by atoms with van der Waals surface area (Å²) in [5, 5.41) is 2.28. The fraction of sp³-hybridized carbons (Fsp3) is 0. The van der Waals surface area contributed by atoms with E-state index >= 15 is 0 Å². The Balaban J connectivity index is -0.0000000133. The van der Waals surface area contributed by atoms with Gasteiger partial charge in [-0.05, 0) is 0 Å². The average molecular weight is 153 g/mol. The van der Waals surface area contributed by atoms with Gasteiger partial charge in [0, 0.05) is 0 Å². The Morgan fingerprint density at radius 2 is 1.86 bits per heavy atom. The Morgan fingerprint density at radius 1 is 1.71 bits per heavy atom. The fourth-order valence-electron chi connectivity index (χ4n) is 0. The summed E-state index contributed by atoms with van der Waals surface area (Å²) >= 11 is 0. The molecule has 0 unspecified atom stereocenters. The van der Waals surface area contributed by atoms with Crippen molar-refractivity contribution in [2.45, 2.75) is 0 Å². The quantitative estimate of drug-likeness (QED) is 0.264. The van der Waals surface area contributed by atoms with E-state index in [1.165, 1.54) is 0 Å². The predicted octanol–water partition coefficient (Wildman–Crippen LogP) is -5.67. The van der Waals surface area contributed by atoms with Crippen LogP contribution in [0.25, 0.3) is 0 Å². The number of primary amides is 1. The zero-order valence-corrected chi connectivity index (χ0v) is 10.7. The number of hydrogen-bond donors (Lipinski definition) is 2. The van der Waals surface area contributed by atoms with Crippen LogP contribution in [0.15, 0.2) is 5.11 Å². The van der Waals surface area contributed by atoms with E-state index in [1.54, 1.807) is 0 Å². The molecule has 0 fully saturated rings. The summed E-state index contributed by atoms with van der Waals surface area (Å²) < 4.78 is 0. The Kier molecular flexibility index (Phi) is 25.8. The van der Waals surface area contributed by atoms with Crippen LogP contribution in [0.2, 0.25) is 0 Å². The van der Waals surface area contributed by atoms with Gasteiger partial charge in [-0.2, -0.15) is 5.53 Å². The molecule has 0 heterocycles. The van der Waals surface area contributed by atoms with Crippen molar-refractivity contribution in [3.63, 3.8) is 0 Å². The Morgan fingerprint density at radius 3 is 1.86 bits per heavy atom. The van der Waals surface area contributed by atoms with E-state index in [2.05, 4.69) is 10.8 Å². The molecule has 0 aliphatic carbocycles. The van der Waals surface area contributed by atoms with Crippen molar-refractivity contribution >= 4 is 6.03 Å². The molecule has 2 amide bonds. The zero-order valence-electron chi connectivity index (χ0n) is 6.43. The van der Waals surface area contributed by atoms with E-state index in [0.29, 0.717) is 0 Å². The Labute approximate surface area is 129 Å². The SMILES string of the molecule is N=NC(N)=O.[H-].[H-].[K+].[K+]. The van der Waals surface area contributed by atoms with E-state index < -0.39 is 6.03 Å². The maximum Gasteiger partial charge on any atom is 1.00 e. The molecule has 0 rings (SSSR count). The number of hydrogen-bond acceptors (Lipinski definition) is 2. The second-order valence-electron chi connectivity index (χ2n) is 0.450. The van der Waals surface area contributed by atoms with Crippen LogP contribution < -0.4 is 109 Å². The average Bonchev–Trinajstić information content (AvgIpc) is 1.38. The summed E-state index contributed by atoms with van der Waals surface area (Å²) in [4.78, 5) is 9.24. The molecule has 0 aromatic heterocycles. The first-order valence-corrected chi connectivity index (χ1v) is 0.940. The third kappa shape index (κ3) is 17.8. The standard InChI is InChI=1S/CH3N3O.2K.2H/c2-1(5)4-3;;;;/h3H,(H2,2,5);;;;/q;2*+1;2*-1. The van der Waals surface area contributed by atoms with Crippen molar-refractivity contribution in [1.29, 1.82) is 5.53 Å². The normalized spacial score (nSPS) is 4.57. The molecule has 7 heavy (non-hydrogen) atoms. The smallest absolute Gasteiger partial charge is 1.00 e. The number of urea groups is 1. The molecule has 0 aromatic rings. The third-order valence-corrected chi connectivity index (χ3v) is 0.110. The van der Waals surface area contributed by atoms with Gasteiger partial charge in [-0.3, -0.25) is 0 Å². The zero-order chi connectivity index (χ0) is 4.28. The third-order valence-electron chi connectivity index (χ3n) is 0.110. The van der Waals surface area contributed by atoms with Gasteiger partial charge in [0.2, 0.25) is 0 Å². The van der Waals surface area contributed by atoms with Crippen LogP contribution in [-0.4, -0.2) is 6.03 Å². The number of nitrogens with zero attached hydrogens (tertiary/aromatic N) is 1. The maximum atomic E-state index is 9.24. The van der Waals surface area contributed by atoms with Gasteiger partial charge in [0.25, 0.3) is 0 Å². The fourth-order valence-corrected chi connectivity index (χ4v) is 0. The van der Waals surface area contributed by atoms with Crippen molar-refractivity contribution in [3.05, 3.63) is 0 Å². The van der Waals surface area contributed by atoms with Crippen LogP contribution in [-0.2, 0) is 0 Å². The Bertz CT molecular complexity index is 70.8. The van der Waals surface area contributed by atoms with Gasteiger partial charge < -0.3 is 8.59 Å². The number of nitrogens with two attached hydrogens (primary N) is 1. The van der Waals surface area contributed by atoms with Crippen LogP contribution in [0.5, 0.6) is 0 Å². The maximum absolute atomic E-state index is 9.24. The number of nitrogens with one attached hydrogen (secondary N) is 1. The van der Waals surface area contributed by atoms with Gasteiger partial charge in [0.15, 0.2) is 0 Å². The van der Waals surface area contributed by atoms with Gasteiger partial charge in [0.05, 0.1) is 0 Å². The van der Waals surface area contributed by atoms with Crippen molar-refractivity contribution in [2.75, 3.05) is 0 Å². The summed E-state index contributed by atoms with van der Waals surface area (Å²) in [5.74, 6) is 0. The molecular weight excluding hydrogens is 148 g/mol. The molecule has 4 nitrogen and oxygen atoms in total. The molecule has 0 aliphatic heterocycles. The predicted molar refractivity (Wildman–Crippen MR) is 17.0 cm³/mol. The molecule has 0 saturated heterocycles. The van der Waals surface area contributed by atoms with Crippen LogP contribution in [0.3, 0.4) is 0 Å². The van der Waals surface area contributed by atoms with Crippen LogP contribution in [0.4, 0.5) is 4.79 Å². The van der Waals surface area contributed by atoms with Crippen molar-refractivity contribution < 1.29 is 110 Å². The monoisotopic (exact) mass is 153 g/mol. The minimum atomic E-state index is -0.954. The van der Waals surface area contributed by atoms with Crippen molar-refractivity contribution in [3.8, 4) is 0 Å². The summed E-state index contributed by atoms with van der Waals surface area (Å²) in [6, 6.07) is -0.954. The molecule has 3 N–H and O–H groups in total. The number of carbonyl (C=O) groups excluding carboxylic acids is 1. The molecule has 6 heteroatoms. The van der Waals surface area contributed by atoms with E-state index in [0.717, 1.165) is 0 Å². The number of carbonyl (C=O) groups is 1. The van der Waals surface area contributed by atoms with E-state index in [-0.39, 0.29) is 106 Å². The van der Waals surface area contributed by atoms with Crippen LogP contribution >= 0.6 is 0 Å². The molecule has 32 valence electrons. The molecule has 0 aliphatic rings. The minimum absolute atomic E-state index is 0. The molecule has 0 saturated carbocycles. The van der Waals surface area contributed by atoms with E-state index in [1.807, 2.05) is 0 Å². The molecule has 0 atom stereocenters. The van der Waals surface area contributed by atoms with Gasteiger partial charge in [-0.1, -0.05) is 5.11 Å². The van der Waals surface area contributed by atoms with E-state index in [4.69, 9.17) is 5.53 Å². The Hall–Kier alpha value is 2.34. The molecule has 0 radical (unpaired) electrons. The summed E-state index contributed by atoms with van der Waals surface area (Å²) in [5.41, 5.74) is 10.1. The molecular formula is CH5K2N3O. The summed E-state index contributed by atoms with van der Waals surface area (Å²) in [7, 11) is 0. The molecule has 0 spiro atoms. The van der Waals surface area contributed by atoms with Crippen molar-refractivity contribution in [2.24, 2.45) is 10.8 Å². The first-order valence-electron chi connectivity index (χ1n) is 0.940. The van der Waals surface area contributed by atoms with E-state index in [9.17, 15) is 4.79 Å². The topological polar surface area (TPSA) is 79.3 Å². The molecule has 0 bridgehead atoms. The largest absolute Gasteiger partial charge is 1.00 e. The van der Waals surface area contributed by atoms with Crippen LogP contribution in [0.1, 0.15) is 2.85 Å². The minimum Gasteiger partial charge on any atom is -1.00 e. The van der Waals surface area contributed by atoms with Crippen molar-refractivity contribution in [1.82, 2.24) is 0 Å². The molecule has 0 aromatic carbocycles. The first-order chi connectivity index (χ1) is 2.27. The van der Waals surface area contributed by atoms with Gasteiger partial charge in [-0.15, -0.1) is 0 Å². The number of amides is 2. The number of rotatable bonds is 0. The summed E-state index contributed by atoms with van der Waals surface area (Å²) in [6.45, 7) is 0. The summed E-state index contributed by atoms with van der Waals surface area (Å²) in [6.07, 6.45) is 0.